The second kappa shape index (κ2) is 7.33. The number of aryl methyl sites for hydroxylation is 2. The molecule has 2 aromatic carbocycles. The van der Waals surface area contributed by atoms with Crippen LogP contribution in [0.5, 0.6) is 11.5 Å². The van der Waals surface area contributed by atoms with Crippen LogP contribution in [0.4, 0.5) is 11.4 Å². The molecule has 4 nitrogen and oxygen atoms in total. The average Bonchev–Trinajstić information content (AvgIpc) is 2.53. The molecule has 2 N–H and O–H groups in total. The van der Waals surface area contributed by atoms with E-state index in [0.717, 1.165) is 16.9 Å². The standard InChI is InChI=1S/C18H22N2O2S/c1-11-7-6-8-14(13(11)3)19-18(23)20-15-10-17(22-5)16(21-4)9-12(15)2/h6-10H,1-5H3,(H2,19,20,23). The zero-order chi connectivity index (χ0) is 17.0. The second-order valence-corrected chi connectivity index (χ2v) is 5.76. The lowest BCUT2D eigenvalue weighted by Crippen LogP contribution is -2.20. The molecule has 0 radical (unpaired) electrons. The largest absolute Gasteiger partial charge is 0.493 e. The van der Waals surface area contributed by atoms with Gasteiger partial charge in [0.25, 0.3) is 0 Å². The molecule has 0 aromatic heterocycles. The van der Waals surface area contributed by atoms with Crippen LogP contribution in [-0.2, 0) is 0 Å². The fourth-order valence-corrected chi connectivity index (χ4v) is 2.50. The average molecular weight is 330 g/mol. The Morgan fingerprint density at radius 2 is 1.48 bits per heavy atom. The molecule has 5 heteroatoms. The van der Waals surface area contributed by atoms with E-state index in [0.29, 0.717) is 16.6 Å². The molecular formula is C18H22N2O2S. The van der Waals surface area contributed by atoms with Gasteiger partial charge >= 0.3 is 0 Å². The summed E-state index contributed by atoms with van der Waals surface area (Å²) >= 11 is 5.43. The zero-order valence-electron chi connectivity index (χ0n) is 14.1. The maximum absolute atomic E-state index is 5.43. The van der Waals surface area contributed by atoms with Crippen molar-refractivity contribution in [3.8, 4) is 11.5 Å². The van der Waals surface area contributed by atoms with Gasteiger partial charge < -0.3 is 20.1 Å². The van der Waals surface area contributed by atoms with E-state index >= 15 is 0 Å². The van der Waals surface area contributed by atoms with Gasteiger partial charge in [-0.1, -0.05) is 12.1 Å². The first-order chi connectivity index (χ1) is 11.0. The highest BCUT2D eigenvalue weighted by Crippen LogP contribution is 2.33. The first-order valence-corrected chi connectivity index (χ1v) is 7.74. The summed E-state index contributed by atoms with van der Waals surface area (Å²) in [6, 6.07) is 9.90. The molecule has 0 aliphatic heterocycles. The smallest absolute Gasteiger partial charge is 0.175 e. The van der Waals surface area contributed by atoms with Gasteiger partial charge in [0, 0.05) is 17.4 Å². The molecule has 0 saturated heterocycles. The van der Waals surface area contributed by atoms with E-state index in [2.05, 4.69) is 30.5 Å². The number of ether oxygens (including phenoxy) is 2. The van der Waals surface area contributed by atoms with Crippen LogP contribution in [0.15, 0.2) is 30.3 Å². The maximum atomic E-state index is 5.43. The summed E-state index contributed by atoms with van der Waals surface area (Å²) in [6.45, 7) is 6.14. The number of thiocarbonyl (C=S) groups is 1. The second-order valence-electron chi connectivity index (χ2n) is 5.35. The van der Waals surface area contributed by atoms with Crippen LogP contribution in [0.1, 0.15) is 16.7 Å². The van der Waals surface area contributed by atoms with Gasteiger partial charge in [-0.3, -0.25) is 0 Å². The van der Waals surface area contributed by atoms with Gasteiger partial charge in [0.15, 0.2) is 16.6 Å². The van der Waals surface area contributed by atoms with E-state index in [4.69, 9.17) is 21.7 Å². The normalized spacial score (nSPS) is 10.1. The van der Waals surface area contributed by atoms with Gasteiger partial charge in [-0.25, -0.2) is 0 Å². The minimum absolute atomic E-state index is 0.536. The van der Waals surface area contributed by atoms with Crippen LogP contribution in [-0.4, -0.2) is 19.3 Å². The predicted octanol–water partition coefficient (Wildman–Crippen LogP) is 4.44. The van der Waals surface area contributed by atoms with Gasteiger partial charge in [-0.2, -0.15) is 0 Å². The van der Waals surface area contributed by atoms with Gasteiger partial charge in [-0.15, -0.1) is 0 Å². The molecule has 0 saturated carbocycles. The molecule has 0 spiro atoms. The van der Waals surface area contributed by atoms with Crippen LogP contribution in [0.3, 0.4) is 0 Å². The van der Waals surface area contributed by atoms with Crippen molar-refractivity contribution in [2.75, 3.05) is 24.9 Å². The number of benzene rings is 2. The van der Waals surface area contributed by atoms with Crippen molar-refractivity contribution in [3.05, 3.63) is 47.0 Å². The Kier molecular flexibility index (Phi) is 5.45. The number of anilines is 2. The Morgan fingerprint density at radius 1 is 0.870 bits per heavy atom. The molecule has 23 heavy (non-hydrogen) atoms. The van der Waals surface area contributed by atoms with Gasteiger partial charge in [0.05, 0.1) is 14.2 Å². The van der Waals surface area contributed by atoms with Gasteiger partial charge in [-0.05, 0) is 61.8 Å². The van der Waals surface area contributed by atoms with Crippen molar-refractivity contribution in [3.63, 3.8) is 0 Å². The Labute approximate surface area is 142 Å². The molecule has 2 rings (SSSR count). The van der Waals surface area contributed by atoms with E-state index < -0.39 is 0 Å². The monoisotopic (exact) mass is 330 g/mol. The van der Waals surface area contributed by atoms with Crippen LogP contribution in [0.2, 0.25) is 0 Å². The van der Waals surface area contributed by atoms with E-state index in [-0.39, 0.29) is 0 Å². The fraction of sp³-hybridized carbons (Fsp3) is 0.278. The SMILES string of the molecule is COc1cc(C)c(NC(=S)Nc2cccc(C)c2C)cc1OC. The third-order valence-electron chi connectivity index (χ3n) is 3.83. The topological polar surface area (TPSA) is 42.5 Å². The van der Waals surface area contributed by atoms with Crippen molar-refractivity contribution in [2.24, 2.45) is 0 Å². The molecule has 0 heterocycles. The van der Waals surface area contributed by atoms with Crippen molar-refractivity contribution < 1.29 is 9.47 Å². The van der Waals surface area contributed by atoms with Crippen molar-refractivity contribution in [2.45, 2.75) is 20.8 Å². The minimum atomic E-state index is 0.536. The highest BCUT2D eigenvalue weighted by Gasteiger charge is 2.10. The summed E-state index contributed by atoms with van der Waals surface area (Å²) < 4.78 is 10.6. The Bertz CT molecular complexity index is 729. The first-order valence-electron chi connectivity index (χ1n) is 7.33. The van der Waals surface area contributed by atoms with E-state index in [1.165, 1.54) is 11.1 Å². The molecule has 0 atom stereocenters. The Morgan fingerprint density at radius 3 is 2.13 bits per heavy atom. The molecule has 2 aromatic rings. The number of hydrogen-bond donors (Lipinski definition) is 2. The molecule has 122 valence electrons. The lowest BCUT2D eigenvalue weighted by molar-refractivity contribution is 0.355. The first kappa shape index (κ1) is 17.1. The lowest BCUT2D eigenvalue weighted by Gasteiger charge is -2.17. The lowest BCUT2D eigenvalue weighted by atomic mass is 10.1. The highest BCUT2D eigenvalue weighted by atomic mass is 32.1. The minimum Gasteiger partial charge on any atom is -0.493 e. The van der Waals surface area contributed by atoms with Crippen LogP contribution >= 0.6 is 12.2 Å². The summed E-state index contributed by atoms with van der Waals surface area (Å²) in [7, 11) is 3.24. The van der Waals surface area contributed by atoms with Crippen LogP contribution in [0.25, 0.3) is 0 Å². The molecule has 0 unspecified atom stereocenters. The molecular weight excluding hydrogens is 308 g/mol. The molecule has 0 amide bonds. The van der Waals surface area contributed by atoms with Crippen LogP contribution < -0.4 is 20.1 Å². The molecule has 0 bridgehead atoms. The van der Waals surface area contributed by atoms with Crippen molar-refractivity contribution >= 4 is 28.7 Å². The Balaban J connectivity index is 2.18. The van der Waals surface area contributed by atoms with Crippen LogP contribution in [0, 0.1) is 20.8 Å². The summed E-state index contributed by atoms with van der Waals surface area (Å²) in [4.78, 5) is 0. The number of methoxy groups -OCH3 is 2. The zero-order valence-corrected chi connectivity index (χ0v) is 14.9. The number of nitrogens with one attached hydrogen (secondary N) is 2. The quantitative estimate of drug-likeness (QED) is 0.811. The van der Waals surface area contributed by atoms with E-state index in [1.54, 1.807) is 14.2 Å². The van der Waals surface area contributed by atoms with E-state index in [9.17, 15) is 0 Å². The fourth-order valence-electron chi connectivity index (χ4n) is 2.28. The maximum Gasteiger partial charge on any atom is 0.175 e. The summed E-state index contributed by atoms with van der Waals surface area (Å²) in [5, 5.41) is 6.99. The molecule has 0 aliphatic carbocycles. The predicted molar refractivity (Wildman–Crippen MR) is 100 cm³/mol. The molecule has 0 aliphatic rings. The van der Waals surface area contributed by atoms with Gasteiger partial charge in [0.1, 0.15) is 0 Å². The van der Waals surface area contributed by atoms with E-state index in [1.807, 2.05) is 31.2 Å². The third kappa shape index (κ3) is 3.93. The third-order valence-corrected chi connectivity index (χ3v) is 4.04. The number of hydrogen-bond acceptors (Lipinski definition) is 3. The summed E-state index contributed by atoms with van der Waals surface area (Å²) in [5.41, 5.74) is 5.31. The van der Waals surface area contributed by atoms with Gasteiger partial charge in [0.2, 0.25) is 0 Å². The summed E-state index contributed by atoms with van der Waals surface area (Å²) in [5.74, 6) is 1.36. The summed E-state index contributed by atoms with van der Waals surface area (Å²) in [6.07, 6.45) is 0. The van der Waals surface area contributed by atoms with Crippen molar-refractivity contribution in [1.29, 1.82) is 0 Å². The number of rotatable bonds is 4. The molecule has 0 fully saturated rings. The van der Waals surface area contributed by atoms with Crippen molar-refractivity contribution in [1.82, 2.24) is 0 Å². The Hall–Kier alpha value is -2.27. The highest BCUT2D eigenvalue weighted by molar-refractivity contribution is 7.80.